The largest absolute Gasteiger partial charge is 0.452 e. The van der Waals surface area contributed by atoms with Crippen molar-refractivity contribution < 1.29 is 18.3 Å². The summed E-state index contributed by atoms with van der Waals surface area (Å²) in [5.74, 6) is -1.10. The molecule has 0 spiro atoms. The maximum absolute atomic E-state index is 13.3. The van der Waals surface area contributed by atoms with Gasteiger partial charge in [-0.25, -0.2) is 4.98 Å². The molecule has 2 heterocycles. The smallest absolute Gasteiger partial charge is 0.392 e. The van der Waals surface area contributed by atoms with Crippen molar-refractivity contribution in [2.24, 2.45) is 0 Å². The van der Waals surface area contributed by atoms with Gasteiger partial charge in [0, 0.05) is 5.25 Å². The van der Waals surface area contributed by atoms with Crippen LogP contribution < -0.4 is 0 Å². The minimum Gasteiger partial charge on any atom is -0.392 e. The lowest BCUT2D eigenvalue weighted by atomic mass is 10.2. The highest BCUT2D eigenvalue weighted by Gasteiger charge is 2.38. The first-order valence-corrected chi connectivity index (χ1v) is 7.71. The van der Waals surface area contributed by atoms with E-state index in [2.05, 4.69) is 15.2 Å². The minimum atomic E-state index is -4.64. The Kier molecular flexibility index (Phi) is 3.93. The average Bonchev–Trinajstić information content (AvgIpc) is 2.92. The standard InChI is InChI=1S/C14H13F3N4OS/c1-7(2)23-12-11-19-20-13(14(15,16)17)21(11)10-5-8(6-22)3-4-9(10)18-12/h3-5,7,22H,6H2,1-2H3. The van der Waals surface area contributed by atoms with Gasteiger partial charge in [-0.2, -0.15) is 13.2 Å². The number of hydrogen-bond acceptors (Lipinski definition) is 5. The van der Waals surface area contributed by atoms with Gasteiger partial charge in [0.05, 0.1) is 17.6 Å². The van der Waals surface area contributed by atoms with Crippen molar-refractivity contribution in [1.82, 2.24) is 19.6 Å². The number of aliphatic hydroxyl groups is 1. The number of thioether (sulfide) groups is 1. The van der Waals surface area contributed by atoms with Crippen LogP contribution in [0.15, 0.2) is 23.2 Å². The molecule has 0 aliphatic rings. The van der Waals surface area contributed by atoms with Crippen LogP contribution in [0.1, 0.15) is 25.2 Å². The lowest BCUT2D eigenvalue weighted by molar-refractivity contribution is -0.145. The molecule has 3 aromatic rings. The molecule has 2 aromatic heterocycles. The van der Waals surface area contributed by atoms with Crippen LogP contribution >= 0.6 is 11.8 Å². The third-order valence-electron chi connectivity index (χ3n) is 3.14. The van der Waals surface area contributed by atoms with Crippen LogP contribution in [0.25, 0.3) is 16.7 Å². The predicted octanol–water partition coefficient (Wildman–Crippen LogP) is 3.29. The van der Waals surface area contributed by atoms with Gasteiger partial charge in [-0.1, -0.05) is 31.7 Å². The Hall–Kier alpha value is -1.87. The van der Waals surface area contributed by atoms with Gasteiger partial charge >= 0.3 is 6.18 Å². The van der Waals surface area contributed by atoms with Crippen LogP contribution in [0.4, 0.5) is 13.2 Å². The fourth-order valence-corrected chi connectivity index (χ4v) is 3.07. The first kappa shape index (κ1) is 16.0. The first-order chi connectivity index (χ1) is 10.8. The van der Waals surface area contributed by atoms with Gasteiger partial charge in [-0.05, 0) is 17.7 Å². The van der Waals surface area contributed by atoms with Crippen molar-refractivity contribution in [2.75, 3.05) is 0 Å². The maximum atomic E-state index is 13.3. The summed E-state index contributed by atoms with van der Waals surface area (Å²) in [6.45, 7) is 3.56. The Labute approximate surface area is 133 Å². The fraction of sp³-hybridized carbons (Fsp3) is 0.357. The lowest BCUT2D eigenvalue weighted by Crippen LogP contribution is -2.12. The Bertz CT molecular complexity index is 876. The number of fused-ring (bicyclic) bond motifs is 3. The third kappa shape index (κ3) is 2.86. The number of rotatable bonds is 3. The Balaban J connectivity index is 2.42. The number of benzene rings is 1. The monoisotopic (exact) mass is 342 g/mol. The van der Waals surface area contributed by atoms with E-state index in [1.54, 1.807) is 12.1 Å². The van der Waals surface area contributed by atoms with E-state index in [4.69, 9.17) is 0 Å². The molecule has 0 saturated heterocycles. The number of alkyl halides is 3. The molecule has 3 rings (SSSR count). The highest BCUT2D eigenvalue weighted by molar-refractivity contribution is 8.00. The summed E-state index contributed by atoms with van der Waals surface area (Å²) in [5.41, 5.74) is 1.17. The SMILES string of the molecule is CC(C)Sc1nc2ccc(CO)cc2n2c(C(F)(F)F)nnc12. The highest BCUT2D eigenvalue weighted by Crippen LogP contribution is 2.34. The highest BCUT2D eigenvalue weighted by atomic mass is 32.2. The maximum Gasteiger partial charge on any atom is 0.452 e. The van der Waals surface area contributed by atoms with Crippen molar-refractivity contribution in [2.45, 2.75) is 36.9 Å². The molecule has 0 bridgehead atoms. The molecule has 0 saturated carbocycles. The first-order valence-electron chi connectivity index (χ1n) is 6.83. The van der Waals surface area contributed by atoms with Crippen LogP contribution in [0, 0.1) is 0 Å². The van der Waals surface area contributed by atoms with E-state index in [1.807, 2.05) is 13.8 Å². The number of nitrogens with zero attached hydrogens (tertiary/aromatic N) is 4. The van der Waals surface area contributed by atoms with E-state index < -0.39 is 12.0 Å². The molecule has 0 atom stereocenters. The van der Waals surface area contributed by atoms with E-state index in [0.717, 1.165) is 4.40 Å². The summed E-state index contributed by atoms with van der Waals surface area (Å²) < 4.78 is 40.7. The van der Waals surface area contributed by atoms with E-state index in [0.29, 0.717) is 16.1 Å². The molecule has 0 amide bonds. The van der Waals surface area contributed by atoms with E-state index in [1.165, 1.54) is 17.8 Å². The van der Waals surface area contributed by atoms with Gasteiger partial charge in [0.15, 0.2) is 5.65 Å². The molecule has 0 unspecified atom stereocenters. The van der Waals surface area contributed by atoms with Gasteiger partial charge in [0.2, 0.25) is 5.82 Å². The van der Waals surface area contributed by atoms with Gasteiger partial charge in [-0.3, -0.25) is 4.40 Å². The molecular formula is C14H13F3N4OS. The summed E-state index contributed by atoms with van der Waals surface area (Å²) >= 11 is 1.33. The summed E-state index contributed by atoms with van der Waals surface area (Å²) in [4.78, 5) is 4.40. The zero-order valence-electron chi connectivity index (χ0n) is 12.3. The van der Waals surface area contributed by atoms with Gasteiger partial charge < -0.3 is 5.11 Å². The predicted molar refractivity (Wildman–Crippen MR) is 80.2 cm³/mol. The average molecular weight is 342 g/mol. The quantitative estimate of drug-likeness (QED) is 0.740. The van der Waals surface area contributed by atoms with E-state index in [-0.39, 0.29) is 23.0 Å². The zero-order valence-corrected chi connectivity index (χ0v) is 13.1. The van der Waals surface area contributed by atoms with E-state index in [9.17, 15) is 18.3 Å². The van der Waals surface area contributed by atoms with Crippen LogP contribution in [-0.2, 0) is 12.8 Å². The second kappa shape index (κ2) is 5.64. The molecule has 5 nitrogen and oxygen atoms in total. The molecule has 0 aliphatic carbocycles. The molecule has 1 N–H and O–H groups in total. The topological polar surface area (TPSA) is 63.3 Å². The van der Waals surface area contributed by atoms with Crippen molar-refractivity contribution in [3.63, 3.8) is 0 Å². The second-order valence-electron chi connectivity index (χ2n) is 5.25. The molecule has 0 fully saturated rings. The summed E-state index contributed by atoms with van der Waals surface area (Å²) in [6.07, 6.45) is -4.64. The summed E-state index contributed by atoms with van der Waals surface area (Å²) in [6, 6.07) is 4.69. The zero-order chi connectivity index (χ0) is 16.8. The summed E-state index contributed by atoms with van der Waals surface area (Å²) in [5, 5.41) is 16.8. The summed E-state index contributed by atoms with van der Waals surface area (Å²) in [7, 11) is 0. The molecule has 23 heavy (non-hydrogen) atoms. The Morgan fingerprint density at radius 2 is 2.00 bits per heavy atom. The van der Waals surface area contributed by atoms with Crippen LogP contribution in [-0.4, -0.2) is 29.9 Å². The second-order valence-corrected chi connectivity index (χ2v) is 6.81. The fourth-order valence-electron chi connectivity index (χ4n) is 2.24. The van der Waals surface area contributed by atoms with Gasteiger partial charge in [0.1, 0.15) is 5.03 Å². The molecule has 1 aromatic carbocycles. The molecule has 9 heteroatoms. The van der Waals surface area contributed by atoms with Crippen LogP contribution in [0.2, 0.25) is 0 Å². The van der Waals surface area contributed by atoms with E-state index >= 15 is 0 Å². The molecular weight excluding hydrogens is 329 g/mol. The molecule has 0 radical (unpaired) electrons. The number of aromatic nitrogens is 4. The van der Waals surface area contributed by atoms with Crippen LogP contribution in [0.3, 0.4) is 0 Å². The Morgan fingerprint density at radius 3 is 2.61 bits per heavy atom. The molecule has 0 aliphatic heterocycles. The number of aliphatic hydroxyl groups excluding tert-OH is 1. The number of hydrogen-bond donors (Lipinski definition) is 1. The van der Waals surface area contributed by atoms with Crippen molar-refractivity contribution in [1.29, 1.82) is 0 Å². The Morgan fingerprint density at radius 1 is 1.26 bits per heavy atom. The van der Waals surface area contributed by atoms with Gasteiger partial charge in [-0.15, -0.1) is 10.2 Å². The normalized spacial score (nSPS) is 12.7. The number of halogens is 3. The van der Waals surface area contributed by atoms with Crippen LogP contribution in [0.5, 0.6) is 0 Å². The third-order valence-corrected chi connectivity index (χ3v) is 4.11. The molecule has 122 valence electrons. The minimum absolute atomic E-state index is 0.0682. The van der Waals surface area contributed by atoms with Crippen molar-refractivity contribution in [3.05, 3.63) is 29.6 Å². The van der Waals surface area contributed by atoms with Crippen molar-refractivity contribution in [3.8, 4) is 0 Å². The lowest BCUT2D eigenvalue weighted by Gasteiger charge is -2.11. The van der Waals surface area contributed by atoms with Gasteiger partial charge in [0.25, 0.3) is 0 Å². The van der Waals surface area contributed by atoms with Crippen molar-refractivity contribution >= 4 is 28.4 Å².